The molecule has 10 atom stereocenters. The maximum absolute atomic E-state index is 14.3. The fourth-order valence-corrected chi connectivity index (χ4v) is 10.7. The van der Waals surface area contributed by atoms with Gasteiger partial charge in [-0.25, -0.2) is 0 Å². The fraction of sp³-hybridized carbons (Fsp3) is 0.962. The van der Waals surface area contributed by atoms with E-state index < -0.39 is 17.2 Å². The van der Waals surface area contributed by atoms with Gasteiger partial charge in [-0.2, -0.15) is 0 Å². The van der Waals surface area contributed by atoms with Crippen molar-refractivity contribution >= 4 is 5.78 Å². The Labute approximate surface area is 200 Å². The topological polar surface area (TPSA) is 85.0 Å². The van der Waals surface area contributed by atoms with E-state index in [1.165, 1.54) is 0 Å². The molecule has 188 valence electrons. The van der Waals surface area contributed by atoms with Crippen LogP contribution in [-0.2, 0) is 38.0 Å². The number of ketones is 1. The highest BCUT2D eigenvalue weighted by atomic mass is 16.9. The zero-order chi connectivity index (χ0) is 23.2. The average Bonchev–Trinajstić information content (AvgIpc) is 3.25. The molecule has 8 nitrogen and oxygen atoms in total. The molecule has 4 heterocycles. The van der Waals surface area contributed by atoms with E-state index in [-0.39, 0.29) is 53.9 Å². The van der Waals surface area contributed by atoms with Crippen molar-refractivity contribution in [2.75, 3.05) is 33.4 Å². The molecule has 0 aromatic rings. The van der Waals surface area contributed by atoms with Gasteiger partial charge in [0.2, 0.25) is 5.79 Å². The van der Waals surface area contributed by atoms with Crippen LogP contribution in [0.2, 0.25) is 0 Å². The van der Waals surface area contributed by atoms with Gasteiger partial charge in [0, 0.05) is 36.0 Å². The minimum atomic E-state index is -0.921. The Morgan fingerprint density at radius 3 is 2.47 bits per heavy atom. The van der Waals surface area contributed by atoms with Crippen LogP contribution in [0.4, 0.5) is 0 Å². The summed E-state index contributed by atoms with van der Waals surface area (Å²) in [6.07, 6.45) is 5.09. The molecule has 0 aromatic carbocycles. The molecule has 0 radical (unpaired) electrons. The van der Waals surface area contributed by atoms with Crippen molar-refractivity contribution in [1.29, 1.82) is 0 Å². The number of carbonyl (C=O) groups is 1. The van der Waals surface area contributed by atoms with Crippen LogP contribution in [0.5, 0.6) is 0 Å². The standard InChI is InChI=1S/C26H36O8/c1-15-8-17-16-9-19-24(34-19)11-23(29-6-7-30-23)5-4-21(24,2)20(16)18(27)10-22(17,3)26(15)25(32-14-33-26)12-28-13-31-25/h15-17,19-20H,4-14H2,1-3H3/t15-,16+,17+,19+,20-,21-,22+,24+,25?,26-/m1/s1. The van der Waals surface area contributed by atoms with Crippen molar-refractivity contribution < 1.29 is 38.0 Å². The lowest BCUT2D eigenvalue weighted by Crippen LogP contribution is -2.68. The first kappa shape index (κ1) is 21.5. The van der Waals surface area contributed by atoms with Crippen molar-refractivity contribution in [2.24, 2.45) is 34.5 Å². The second-order valence-corrected chi connectivity index (χ2v) is 12.9. The first-order valence-corrected chi connectivity index (χ1v) is 13.2. The molecule has 1 unspecified atom stereocenters. The number of ether oxygens (including phenoxy) is 7. The van der Waals surface area contributed by atoms with Crippen molar-refractivity contribution in [3.63, 3.8) is 0 Å². The molecule has 34 heavy (non-hydrogen) atoms. The van der Waals surface area contributed by atoms with Crippen LogP contribution in [-0.4, -0.2) is 68.1 Å². The highest BCUT2D eigenvalue weighted by molar-refractivity contribution is 5.85. The normalized spacial score (nSPS) is 61.0. The summed E-state index contributed by atoms with van der Waals surface area (Å²) in [5, 5.41) is 0. The number of hydrogen-bond acceptors (Lipinski definition) is 8. The summed E-state index contributed by atoms with van der Waals surface area (Å²) < 4.78 is 43.3. The molecule has 0 aromatic heterocycles. The number of hydrogen-bond donors (Lipinski definition) is 0. The zero-order valence-corrected chi connectivity index (χ0v) is 20.4. The third kappa shape index (κ3) is 2.10. The number of epoxide rings is 1. The van der Waals surface area contributed by atoms with E-state index in [1.54, 1.807) is 0 Å². The molecule has 8 fully saturated rings. The van der Waals surface area contributed by atoms with E-state index >= 15 is 0 Å². The fourth-order valence-electron chi connectivity index (χ4n) is 10.7. The molecule has 0 bridgehead atoms. The summed E-state index contributed by atoms with van der Waals surface area (Å²) in [5.74, 6) is -0.237. The van der Waals surface area contributed by atoms with Crippen LogP contribution >= 0.6 is 0 Å². The average molecular weight is 477 g/mol. The maximum atomic E-state index is 14.3. The van der Waals surface area contributed by atoms with Crippen LogP contribution in [0, 0.1) is 34.5 Å². The Morgan fingerprint density at radius 2 is 1.71 bits per heavy atom. The number of fused-ring (bicyclic) bond motifs is 6. The summed E-state index contributed by atoms with van der Waals surface area (Å²) >= 11 is 0. The van der Waals surface area contributed by atoms with Gasteiger partial charge in [-0.05, 0) is 37.0 Å². The summed E-state index contributed by atoms with van der Waals surface area (Å²) in [7, 11) is 0. The summed E-state index contributed by atoms with van der Waals surface area (Å²) in [6.45, 7) is 8.90. The molecule has 4 aliphatic carbocycles. The summed E-state index contributed by atoms with van der Waals surface area (Å²) in [5.41, 5.74) is -1.52. The number of carbonyl (C=O) groups excluding carboxylic acids is 1. The lowest BCUT2D eigenvalue weighted by Gasteiger charge is -2.60. The van der Waals surface area contributed by atoms with Gasteiger partial charge >= 0.3 is 0 Å². The number of rotatable bonds is 0. The molecule has 4 saturated heterocycles. The van der Waals surface area contributed by atoms with Crippen LogP contribution < -0.4 is 0 Å². The van der Waals surface area contributed by atoms with Crippen LogP contribution in [0.1, 0.15) is 59.3 Å². The molecular weight excluding hydrogens is 440 g/mol. The van der Waals surface area contributed by atoms with Gasteiger partial charge < -0.3 is 33.2 Å². The van der Waals surface area contributed by atoms with Gasteiger partial charge in [0.05, 0.1) is 19.3 Å². The Hall–Kier alpha value is -0.610. The largest absolute Gasteiger partial charge is 0.365 e. The first-order valence-electron chi connectivity index (χ1n) is 13.2. The Kier molecular flexibility index (Phi) is 3.95. The molecular formula is C26H36O8. The van der Waals surface area contributed by atoms with Gasteiger partial charge in [0.15, 0.2) is 19.4 Å². The highest BCUT2D eigenvalue weighted by Gasteiger charge is 2.84. The second-order valence-electron chi connectivity index (χ2n) is 12.9. The van der Waals surface area contributed by atoms with E-state index in [0.717, 1.165) is 32.1 Å². The molecule has 8 heteroatoms. The third-order valence-electron chi connectivity index (χ3n) is 11.9. The van der Waals surface area contributed by atoms with Gasteiger partial charge in [-0.1, -0.05) is 20.8 Å². The smallest absolute Gasteiger partial charge is 0.227 e. The monoisotopic (exact) mass is 476 g/mol. The number of Topliss-reactive ketones (excluding diaryl/α,β-unsaturated/α-hetero) is 1. The van der Waals surface area contributed by atoms with Crippen molar-refractivity contribution in [3.8, 4) is 0 Å². The van der Waals surface area contributed by atoms with E-state index in [4.69, 9.17) is 33.2 Å². The van der Waals surface area contributed by atoms with E-state index in [2.05, 4.69) is 20.8 Å². The summed E-state index contributed by atoms with van der Waals surface area (Å²) in [6, 6.07) is 0. The Morgan fingerprint density at radius 1 is 0.912 bits per heavy atom. The SMILES string of the molecule is C[C@@H]1C[C@H]2[C@@H]3C[C@@H]4O[C@@]45CC4(CC[C@]5(C)[C@H]3C(=O)C[C@]2(C)[C@]12OCOC21COCO1)OCCO4. The lowest BCUT2D eigenvalue weighted by atomic mass is 9.43. The second kappa shape index (κ2) is 6.26. The predicted octanol–water partition coefficient (Wildman–Crippen LogP) is 2.77. The van der Waals surface area contributed by atoms with Gasteiger partial charge in [-0.15, -0.1) is 0 Å². The Balaban J connectivity index is 1.19. The van der Waals surface area contributed by atoms with E-state index in [1.807, 2.05) is 0 Å². The van der Waals surface area contributed by atoms with E-state index in [9.17, 15) is 4.79 Å². The van der Waals surface area contributed by atoms with Gasteiger partial charge in [0.1, 0.15) is 23.6 Å². The quantitative estimate of drug-likeness (QED) is 0.494. The minimum Gasteiger partial charge on any atom is -0.365 e. The van der Waals surface area contributed by atoms with Crippen LogP contribution in [0.3, 0.4) is 0 Å². The van der Waals surface area contributed by atoms with Crippen molar-refractivity contribution in [2.45, 2.75) is 88.2 Å². The van der Waals surface area contributed by atoms with Crippen molar-refractivity contribution in [1.82, 2.24) is 0 Å². The van der Waals surface area contributed by atoms with E-state index in [0.29, 0.717) is 37.9 Å². The molecule has 0 amide bonds. The Bertz CT molecular complexity index is 936. The van der Waals surface area contributed by atoms with Gasteiger partial charge in [-0.3, -0.25) is 4.79 Å². The zero-order valence-electron chi connectivity index (χ0n) is 20.4. The minimum absolute atomic E-state index is 0.00412. The molecule has 4 saturated carbocycles. The maximum Gasteiger partial charge on any atom is 0.227 e. The highest BCUT2D eigenvalue weighted by Crippen LogP contribution is 2.77. The predicted molar refractivity (Wildman–Crippen MR) is 115 cm³/mol. The van der Waals surface area contributed by atoms with Crippen LogP contribution in [0.25, 0.3) is 0 Å². The van der Waals surface area contributed by atoms with Crippen molar-refractivity contribution in [3.05, 3.63) is 0 Å². The molecule has 4 aliphatic heterocycles. The van der Waals surface area contributed by atoms with Gasteiger partial charge in [0.25, 0.3) is 0 Å². The lowest BCUT2D eigenvalue weighted by molar-refractivity contribution is -0.259. The molecule has 8 rings (SSSR count). The molecule has 8 aliphatic rings. The summed E-state index contributed by atoms with van der Waals surface area (Å²) in [4.78, 5) is 14.3. The van der Waals surface area contributed by atoms with Crippen LogP contribution in [0.15, 0.2) is 0 Å². The molecule has 0 N–H and O–H groups in total. The third-order valence-corrected chi connectivity index (χ3v) is 11.9. The molecule has 4 spiro atoms. The first-order chi connectivity index (χ1) is 16.3.